The first kappa shape index (κ1) is 17.9. The lowest BCUT2D eigenvalue weighted by Crippen LogP contribution is -2.39. The molecule has 1 aliphatic rings. The Morgan fingerprint density at radius 2 is 2.07 bits per heavy atom. The van der Waals surface area contributed by atoms with Gasteiger partial charge in [0.25, 0.3) is 5.91 Å². The summed E-state index contributed by atoms with van der Waals surface area (Å²) in [6, 6.07) is 13.3. The number of anilines is 2. The molecule has 0 fully saturated rings. The minimum absolute atomic E-state index is 0.0181. The first-order valence-electron chi connectivity index (χ1n) is 9.23. The van der Waals surface area contributed by atoms with Crippen molar-refractivity contribution in [3.8, 4) is 17.1 Å². The third-order valence-electron chi connectivity index (χ3n) is 4.45. The summed E-state index contributed by atoms with van der Waals surface area (Å²) in [5.74, 6) is 2.14. The highest BCUT2D eigenvalue weighted by molar-refractivity contribution is 5.97. The molecule has 2 aromatic heterocycles. The van der Waals surface area contributed by atoms with Gasteiger partial charge in [-0.15, -0.1) is 0 Å². The molecule has 0 saturated heterocycles. The van der Waals surface area contributed by atoms with Gasteiger partial charge in [-0.2, -0.15) is 0 Å². The molecule has 1 N–H and O–H groups in total. The maximum absolute atomic E-state index is 12.2. The van der Waals surface area contributed by atoms with Crippen molar-refractivity contribution in [3.63, 3.8) is 0 Å². The fraction of sp³-hybridized carbons (Fsp3) is 0.238. The van der Waals surface area contributed by atoms with Crippen LogP contribution in [0.25, 0.3) is 11.4 Å². The van der Waals surface area contributed by atoms with Crippen LogP contribution in [0.5, 0.6) is 5.75 Å². The van der Waals surface area contributed by atoms with E-state index in [1.165, 1.54) is 0 Å². The number of amides is 1. The van der Waals surface area contributed by atoms with Gasteiger partial charge < -0.3 is 15.0 Å². The van der Waals surface area contributed by atoms with E-state index in [1.54, 1.807) is 17.3 Å². The lowest BCUT2D eigenvalue weighted by atomic mass is 10.2. The van der Waals surface area contributed by atoms with E-state index in [0.717, 1.165) is 34.9 Å². The molecule has 0 saturated carbocycles. The van der Waals surface area contributed by atoms with Gasteiger partial charge in [0, 0.05) is 42.8 Å². The predicted octanol–water partition coefficient (Wildman–Crippen LogP) is 3.07. The van der Waals surface area contributed by atoms with Crippen LogP contribution in [0.2, 0.25) is 0 Å². The number of fused-ring (bicyclic) bond motifs is 1. The lowest BCUT2D eigenvalue weighted by molar-refractivity contribution is -0.121. The maximum Gasteiger partial charge on any atom is 0.265 e. The van der Waals surface area contributed by atoms with Gasteiger partial charge in [0.05, 0.1) is 5.69 Å². The molecule has 142 valence electrons. The third kappa shape index (κ3) is 3.93. The Balaban J connectivity index is 1.38. The van der Waals surface area contributed by atoms with Gasteiger partial charge in [-0.3, -0.25) is 9.78 Å². The van der Waals surface area contributed by atoms with Crippen molar-refractivity contribution in [1.82, 2.24) is 15.0 Å². The average molecular weight is 375 g/mol. The summed E-state index contributed by atoms with van der Waals surface area (Å²) >= 11 is 0. The van der Waals surface area contributed by atoms with Crippen LogP contribution < -0.4 is 15.0 Å². The van der Waals surface area contributed by atoms with Crippen molar-refractivity contribution >= 4 is 17.4 Å². The highest BCUT2D eigenvalue weighted by atomic mass is 16.5. The van der Waals surface area contributed by atoms with E-state index >= 15 is 0 Å². The fourth-order valence-electron chi connectivity index (χ4n) is 3.14. The molecule has 0 spiro atoms. The van der Waals surface area contributed by atoms with E-state index in [9.17, 15) is 4.79 Å². The highest BCUT2D eigenvalue weighted by Crippen LogP contribution is 2.31. The van der Waals surface area contributed by atoms with Crippen LogP contribution in [0.3, 0.4) is 0 Å². The first-order chi connectivity index (χ1) is 13.7. The van der Waals surface area contributed by atoms with Gasteiger partial charge in [-0.1, -0.05) is 12.1 Å². The molecule has 1 amide bonds. The summed E-state index contributed by atoms with van der Waals surface area (Å²) in [5.41, 5.74) is 2.59. The van der Waals surface area contributed by atoms with Crippen LogP contribution in [-0.4, -0.2) is 40.6 Å². The number of aromatic nitrogens is 3. The van der Waals surface area contributed by atoms with Gasteiger partial charge in [0.2, 0.25) is 0 Å². The Kier molecular flexibility index (Phi) is 5.14. The van der Waals surface area contributed by atoms with E-state index in [2.05, 4.69) is 20.3 Å². The van der Waals surface area contributed by atoms with Crippen molar-refractivity contribution in [2.24, 2.45) is 0 Å². The number of hydrogen-bond acceptors (Lipinski definition) is 6. The summed E-state index contributed by atoms with van der Waals surface area (Å²) in [7, 11) is 0. The minimum Gasteiger partial charge on any atom is -0.482 e. The smallest absolute Gasteiger partial charge is 0.265 e. The largest absolute Gasteiger partial charge is 0.482 e. The fourth-order valence-corrected chi connectivity index (χ4v) is 3.14. The second-order valence-corrected chi connectivity index (χ2v) is 6.54. The standard InChI is InChI=1S/C21H21N5O2/c1-15-12-19(25-21(24-15)16-6-4-9-22-13-16)23-10-5-11-26-17-7-2-3-8-18(17)28-14-20(26)27/h2-4,6-9,12-13H,5,10-11,14H2,1H3,(H,23,24,25). The molecule has 0 atom stereocenters. The molecule has 1 aromatic carbocycles. The molecule has 0 aliphatic carbocycles. The van der Waals surface area contributed by atoms with E-state index in [-0.39, 0.29) is 12.5 Å². The van der Waals surface area contributed by atoms with Gasteiger partial charge in [-0.05, 0) is 37.6 Å². The molecule has 1 aliphatic heterocycles. The van der Waals surface area contributed by atoms with E-state index in [4.69, 9.17) is 4.74 Å². The molecule has 4 rings (SSSR count). The molecule has 0 bridgehead atoms. The summed E-state index contributed by atoms with van der Waals surface area (Å²) in [6.45, 7) is 3.33. The van der Waals surface area contributed by atoms with Crippen LogP contribution in [0, 0.1) is 6.92 Å². The van der Waals surface area contributed by atoms with Crippen molar-refractivity contribution in [2.45, 2.75) is 13.3 Å². The number of carbonyl (C=O) groups excluding carboxylic acids is 1. The normalized spacial score (nSPS) is 13.0. The summed E-state index contributed by atoms with van der Waals surface area (Å²) in [4.78, 5) is 27.2. The quantitative estimate of drug-likeness (QED) is 0.667. The Hall–Kier alpha value is -3.48. The van der Waals surface area contributed by atoms with Crippen LogP contribution >= 0.6 is 0 Å². The monoisotopic (exact) mass is 375 g/mol. The number of carbonyl (C=O) groups is 1. The van der Waals surface area contributed by atoms with E-state index < -0.39 is 0 Å². The average Bonchev–Trinajstić information content (AvgIpc) is 2.73. The zero-order valence-corrected chi connectivity index (χ0v) is 15.6. The van der Waals surface area contributed by atoms with Crippen molar-refractivity contribution in [2.75, 3.05) is 29.9 Å². The Morgan fingerprint density at radius 3 is 2.93 bits per heavy atom. The predicted molar refractivity (Wildman–Crippen MR) is 107 cm³/mol. The second kappa shape index (κ2) is 8.04. The molecule has 0 radical (unpaired) electrons. The number of ether oxygens (including phenoxy) is 1. The van der Waals surface area contributed by atoms with Gasteiger partial charge in [0.15, 0.2) is 12.4 Å². The van der Waals surface area contributed by atoms with Gasteiger partial charge >= 0.3 is 0 Å². The second-order valence-electron chi connectivity index (χ2n) is 6.54. The number of aryl methyl sites for hydroxylation is 1. The lowest BCUT2D eigenvalue weighted by Gasteiger charge is -2.29. The Labute approximate surface area is 163 Å². The Bertz CT molecular complexity index is 978. The molecule has 3 aromatic rings. The zero-order chi connectivity index (χ0) is 19.3. The molecular formula is C21H21N5O2. The van der Waals surface area contributed by atoms with Crippen LogP contribution in [-0.2, 0) is 4.79 Å². The van der Waals surface area contributed by atoms with Gasteiger partial charge in [-0.25, -0.2) is 9.97 Å². The molecule has 0 unspecified atom stereocenters. The maximum atomic E-state index is 12.2. The zero-order valence-electron chi connectivity index (χ0n) is 15.6. The first-order valence-corrected chi connectivity index (χ1v) is 9.23. The molecule has 7 nitrogen and oxygen atoms in total. The number of nitrogens with zero attached hydrogens (tertiary/aromatic N) is 4. The highest BCUT2D eigenvalue weighted by Gasteiger charge is 2.24. The topological polar surface area (TPSA) is 80.2 Å². The number of nitrogens with one attached hydrogen (secondary N) is 1. The van der Waals surface area contributed by atoms with Crippen LogP contribution in [0.15, 0.2) is 54.9 Å². The van der Waals surface area contributed by atoms with Crippen molar-refractivity contribution < 1.29 is 9.53 Å². The molecule has 7 heteroatoms. The number of pyridine rings is 1. The van der Waals surface area contributed by atoms with E-state index in [1.807, 2.05) is 49.4 Å². The van der Waals surface area contributed by atoms with Crippen molar-refractivity contribution in [3.05, 3.63) is 60.6 Å². The number of para-hydroxylation sites is 2. The van der Waals surface area contributed by atoms with Gasteiger partial charge in [0.1, 0.15) is 11.6 Å². The SMILES string of the molecule is Cc1cc(NCCCN2C(=O)COc3ccccc32)nc(-c2cccnc2)n1. The van der Waals surface area contributed by atoms with Crippen molar-refractivity contribution in [1.29, 1.82) is 0 Å². The summed E-state index contributed by atoms with van der Waals surface area (Å²) < 4.78 is 5.48. The molecular weight excluding hydrogens is 354 g/mol. The number of rotatable bonds is 6. The number of benzene rings is 1. The van der Waals surface area contributed by atoms with E-state index in [0.29, 0.717) is 18.9 Å². The molecule has 28 heavy (non-hydrogen) atoms. The minimum atomic E-state index is -0.0181. The number of hydrogen-bond donors (Lipinski definition) is 1. The van der Waals surface area contributed by atoms with Crippen LogP contribution in [0.1, 0.15) is 12.1 Å². The summed E-state index contributed by atoms with van der Waals surface area (Å²) in [5, 5.41) is 3.33. The third-order valence-corrected chi connectivity index (χ3v) is 4.45. The summed E-state index contributed by atoms with van der Waals surface area (Å²) in [6.07, 6.45) is 4.26. The van der Waals surface area contributed by atoms with Crippen LogP contribution in [0.4, 0.5) is 11.5 Å². The molecule has 3 heterocycles. The Morgan fingerprint density at radius 1 is 1.18 bits per heavy atom.